The van der Waals surface area contributed by atoms with E-state index in [1.54, 1.807) is 6.33 Å². The van der Waals surface area contributed by atoms with Gasteiger partial charge in [-0.1, -0.05) is 18.2 Å². The standard InChI is InChI=1S/C14H15BrN4O/c1-16-13-12(15)14(18-9-17-13)19-6-7-20-11-5-3-2-4-10(11)8-19/h2-5,9H,6-8H2,1H3,(H,16,17,18). The molecule has 20 heavy (non-hydrogen) atoms. The van der Waals surface area contributed by atoms with Crippen LogP contribution < -0.4 is 15.0 Å². The van der Waals surface area contributed by atoms with Crippen molar-refractivity contribution in [3.8, 4) is 5.75 Å². The second-order valence-corrected chi connectivity index (χ2v) is 5.28. The van der Waals surface area contributed by atoms with Crippen molar-refractivity contribution in [3.63, 3.8) is 0 Å². The van der Waals surface area contributed by atoms with E-state index in [1.165, 1.54) is 5.56 Å². The van der Waals surface area contributed by atoms with Gasteiger partial charge in [0, 0.05) is 19.2 Å². The lowest BCUT2D eigenvalue weighted by Crippen LogP contribution is -2.26. The maximum atomic E-state index is 5.78. The highest BCUT2D eigenvalue weighted by molar-refractivity contribution is 9.10. The number of benzene rings is 1. The van der Waals surface area contributed by atoms with Crippen molar-refractivity contribution in [2.45, 2.75) is 6.54 Å². The van der Waals surface area contributed by atoms with E-state index in [2.05, 4.69) is 42.2 Å². The predicted molar refractivity (Wildman–Crippen MR) is 82.3 cm³/mol. The number of halogens is 1. The molecular formula is C14H15BrN4O. The minimum Gasteiger partial charge on any atom is -0.491 e. The number of para-hydroxylation sites is 1. The highest BCUT2D eigenvalue weighted by Crippen LogP contribution is 2.32. The summed E-state index contributed by atoms with van der Waals surface area (Å²) < 4.78 is 6.66. The van der Waals surface area contributed by atoms with Crippen LogP contribution in [0.4, 0.5) is 11.6 Å². The zero-order valence-electron chi connectivity index (χ0n) is 11.1. The fraction of sp³-hybridized carbons (Fsp3) is 0.286. The molecule has 0 radical (unpaired) electrons. The molecule has 0 fully saturated rings. The number of ether oxygens (including phenoxy) is 1. The molecule has 0 bridgehead atoms. The van der Waals surface area contributed by atoms with Crippen LogP contribution in [0.1, 0.15) is 5.56 Å². The van der Waals surface area contributed by atoms with E-state index in [1.807, 2.05) is 25.2 Å². The average molecular weight is 335 g/mol. The molecule has 6 heteroatoms. The highest BCUT2D eigenvalue weighted by Gasteiger charge is 2.19. The van der Waals surface area contributed by atoms with Gasteiger partial charge in [-0.2, -0.15) is 0 Å². The SMILES string of the molecule is CNc1ncnc(N2CCOc3ccccc3C2)c1Br. The molecule has 1 aromatic carbocycles. The number of nitrogens with zero attached hydrogens (tertiary/aromatic N) is 3. The lowest BCUT2D eigenvalue weighted by molar-refractivity contribution is 0.331. The van der Waals surface area contributed by atoms with E-state index < -0.39 is 0 Å². The Labute approximate surface area is 126 Å². The summed E-state index contributed by atoms with van der Waals surface area (Å²) in [5.41, 5.74) is 1.17. The number of fused-ring (bicyclic) bond motifs is 1. The van der Waals surface area contributed by atoms with Crippen molar-refractivity contribution in [1.29, 1.82) is 0 Å². The van der Waals surface area contributed by atoms with Gasteiger partial charge in [0.2, 0.25) is 0 Å². The molecule has 2 aromatic rings. The summed E-state index contributed by atoms with van der Waals surface area (Å²) in [5, 5.41) is 3.05. The van der Waals surface area contributed by atoms with Gasteiger partial charge in [-0.25, -0.2) is 9.97 Å². The Morgan fingerprint density at radius 3 is 3.00 bits per heavy atom. The lowest BCUT2D eigenvalue weighted by atomic mass is 10.2. The molecule has 0 amide bonds. The molecule has 1 aliphatic rings. The summed E-state index contributed by atoms with van der Waals surface area (Å²) in [5.74, 6) is 2.62. The van der Waals surface area contributed by atoms with E-state index in [0.29, 0.717) is 6.61 Å². The largest absolute Gasteiger partial charge is 0.491 e. The van der Waals surface area contributed by atoms with Crippen LogP contribution in [0, 0.1) is 0 Å². The quantitative estimate of drug-likeness (QED) is 0.914. The van der Waals surface area contributed by atoms with Crippen molar-refractivity contribution < 1.29 is 4.74 Å². The predicted octanol–water partition coefficient (Wildman–Crippen LogP) is 2.68. The minimum absolute atomic E-state index is 0.641. The molecule has 5 nitrogen and oxygen atoms in total. The Bertz CT molecular complexity index is 620. The van der Waals surface area contributed by atoms with Gasteiger partial charge in [0.25, 0.3) is 0 Å². The van der Waals surface area contributed by atoms with Crippen molar-refractivity contribution in [2.75, 3.05) is 30.4 Å². The summed E-state index contributed by atoms with van der Waals surface area (Å²) >= 11 is 3.57. The molecule has 1 aromatic heterocycles. The molecule has 3 rings (SSSR count). The zero-order chi connectivity index (χ0) is 13.9. The number of aromatic nitrogens is 2. The van der Waals surface area contributed by atoms with Crippen LogP contribution in [0.2, 0.25) is 0 Å². The third-order valence-corrected chi connectivity index (χ3v) is 3.99. The molecule has 1 aliphatic heterocycles. The molecule has 0 spiro atoms. The van der Waals surface area contributed by atoms with Crippen LogP contribution in [0.3, 0.4) is 0 Å². The van der Waals surface area contributed by atoms with Gasteiger partial charge in [0.15, 0.2) is 0 Å². The monoisotopic (exact) mass is 334 g/mol. The first-order valence-corrected chi connectivity index (χ1v) is 7.23. The van der Waals surface area contributed by atoms with Crippen LogP contribution in [-0.4, -0.2) is 30.2 Å². The molecule has 1 N–H and O–H groups in total. The van der Waals surface area contributed by atoms with E-state index in [-0.39, 0.29) is 0 Å². The van der Waals surface area contributed by atoms with Crippen LogP contribution in [-0.2, 0) is 6.54 Å². The van der Waals surface area contributed by atoms with Crippen molar-refractivity contribution in [1.82, 2.24) is 9.97 Å². The van der Waals surface area contributed by atoms with Crippen molar-refractivity contribution >= 4 is 27.6 Å². The number of nitrogens with one attached hydrogen (secondary N) is 1. The fourth-order valence-electron chi connectivity index (χ4n) is 2.26. The second-order valence-electron chi connectivity index (χ2n) is 4.49. The molecule has 0 unspecified atom stereocenters. The Morgan fingerprint density at radius 2 is 2.15 bits per heavy atom. The van der Waals surface area contributed by atoms with Gasteiger partial charge in [-0.3, -0.25) is 0 Å². The lowest BCUT2D eigenvalue weighted by Gasteiger charge is -2.22. The summed E-state index contributed by atoms with van der Waals surface area (Å²) in [6.45, 7) is 2.20. The van der Waals surface area contributed by atoms with Crippen molar-refractivity contribution in [2.24, 2.45) is 0 Å². The Morgan fingerprint density at radius 1 is 1.30 bits per heavy atom. The van der Waals surface area contributed by atoms with Crippen LogP contribution in [0.15, 0.2) is 35.1 Å². The van der Waals surface area contributed by atoms with Gasteiger partial charge in [-0.05, 0) is 22.0 Å². The molecule has 104 valence electrons. The molecule has 2 heterocycles. The Kier molecular flexibility index (Phi) is 3.73. The van der Waals surface area contributed by atoms with E-state index in [9.17, 15) is 0 Å². The summed E-state index contributed by atoms with van der Waals surface area (Å²) in [7, 11) is 1.84. The first kappa shape index (κ1) is 13.2. The van der Waals surface area contributed by atoms with Gasteiger partial charge in [0.05, 0.1) is 6.54 Å². The second kappa shape index (κ2) is 5.66. The molecule has 0 saturated carbocycles. The normalized spacial score (nSPS) is 14.2. The minimum atomic E-state index is 0.641. The Balaban J connectivity index is 1.95. The maximum absolute atomic E-state index is 5.78. The van der Waals surface area contributed by atoms with E-state index in [4.69, 9.17) is 4.74 Å². The maximum Gasteiger partial charge on any atom is 0.148 e. The molecule has 0 atom stereocenters. The molecule has 0 saturated heterocycles. The molecular weight excluding hydrogens is 320 g/mol. The first-order chi connectivity index (χ1) is 9.79. The van der Waals surface area contributed by atoms with E-state index >= 15 is 0 Å². The highest BCUT2D eigenvalue weighted by atomic mass is 79.9. The fourth-order valence-corrected chi connectivity index (χ4v) is 2.92. The van der Waals surface area contributed by atoms with Gasteiger partial charge < -0.3 is 15.0 Å². The number of hydrogen-bond acceptors (Lipinski definition) is 5. The number of anilines is 2. The summed E-state index contributed by atoms with van der Waals surface area (Å²) in [6.07, 6.45) is 1.57. The van der Waals surface area contributed by atoms with Gasteiger partial charge in [-0.15, -0.1) is 0 Å². The van der Waals surface area contributed by atoms with Crippen LogP contribution in [0.5, 0.6) is 5.75 Å². The van der Waals surface area contributed by atoms with Crippen LogP contribution in [0.25, 0.3) is 0 Å². The summed E-state index contributed by atoms with van der Waals surface area (Å²) in [6, 6.07) is 8.11. The number of hydrogen-bond donors (Lipinski definition) is 1. The van der Waals surface area contributed by atoms with E-state index in [0.717, 1.165) is 34.9 Å². The van der Waals surface area contributed by atoms with Gasteiger partial charge in [0.1, 0.15) is 34.8 Å². The first-order valence-electron chi connectivity index (χ1n) is 6.43. The number of rotatable bonds is 2. The topological polar surface area (TPSA) is 50.3 Å². The van der Waals surface area contributed by atoms with Crippen LogP contribution >= 0.6 is 15.9 Å². The average Bonchev–Trinajstić information content (AvgIpc) is 2.69. The third-order valence-electron chi connectivity index (χ3n) is 3.26. The zero-order valence-corrected chi connectivity index (χ0v) is 12.7. The van der Waals surface area contributed by atoms with Gasteiger partial charge >= 0.3 is 0 Å². The smallest absolute Gasteiger partial charge is 0.148 e. The van der Waals surface area contributed by atoms with Crippen molar-refractivity contribution in [3.05, 3.63) is 40.6 Å². The summed E-state index contributed by atoms with van der Waals surface area (Å²) in [4.78, 5) is 10.8. The third kappa shape index (κ3) is 2.43. The Hall–Kier alpha value is -1.82. The molecule has 0 aliphatic carbocycles.